The number of aldehydes is 1. The minimum Gasteiger partial charge on any atom is -0.496 e. The van der Waals surface area contributed by atoms with Gasteiger partial charge in [0.25, 0.3) is 0 Å². The van der Waals surface area contributed by atoms with E-state index in [1.54, 1.807) is 13.2 Å². The van der Waals surface area contributed by atoms with E-state index in [9.17, 15) is 4.79 Å². The molecule has 0 aliphatic carbocycles. The molecule has 0 atom stereocenters. The molecule has 14 heavy (non-hydrogen) atoms. The Bertz CT molecular complexity index is 303. The van der Waals surface area contributed by atoms with Crippen LogP contribution in [0.2, 0.25) is 0 Å². The van der Waals surface area contributed by atoms with Crippen LogP contribution >= 0.6 is 0 Å². The Morgan fingerprint density at radius 2 is 1.71 bits per heavy atom. The number of hydrogen-bond donors (Lipinski definition) is 0. The maximum atomic E-state index is 10.5. The molecule has 0 aromatic heterocycles. The van der Waals surface area contributed by atoms with Crippen LogP contribution in [0, 0.1) is 13.8 Å². The summed E-state index contributed by atoms with van der Waals surface area (Å²) in [5, 5.41) is 0. The van der Waals surface area contributed by atoms with Crippen LogP contribution in [0.3, 0.4) is 0 Å². The quantitative estimate of drug-likeness (QED) is 0.676. The first-order chi connectivity index (χ1) is 6.70. The summed E-state index contributed by atoms with van der Waals surface area (Å²) in [4.78, 5) is 10.5. The van der Waals surface area contributed by atoms with Crippen molar-refractivity contribution in [3.05, 3.63) is 28.8 Å². The molecule has 0 spiro atoms. The van der Waals surface area contributed by atoms with Crippen molar-refractivity contribution < 1.29 is 9.53 Å². The Labute approximate surface area is 85.9 Å². The van der Waals surface area contributed by atoms with Crippen molar-refractivity contribution in [1.29, 1.82) is 0 Å². The van der Waals surface area contributed by atoms with Gasteiger partial charge < -0.3 is 4.74 Å². The Morgan fingerprint density at radius 3 is 2.14 bits per heavy atom. The second-order valence-electron chi connectivity index (χ2n) is 2.72. The topological polar surface area (TPSA) is 26.3 Å². The van der Waals surface area contributed by atoms with Gasteiger partial charge in [-0.3, -0.25) is 4.79 Å². The molecule has 2 heteroatoms. The maximum Gasteiger partial charge on any atom is 0.150 e. The molecule has 0 heterocycles. The predicted octanol–water partition coefficient (Wildman–Crippen LogP) is 3.15. The SMILES string of the molecule is CC.COc1ccc(C=O)c(C)c1C. The number of benzene rings is 1. The van der Waals surface area contributed by atoms with Crippen LogP contribution in [0.25, 0.3) is 0 Å². The van der Waals surface area contributed by atoms with Gasteiger partial charge in [-0.1, -0.05) is 13.8 Å². The second kappa shape index (κ2) is 6.19. The number of hydrogen-bond acceptors (Lipinski definition) is 2. The molecule has 0 bridgehead atoms. The largest absolute Gasteiger partial charge is 0.496 e. The van der Waals surface area contributed by atoms with Gasteiger partial charge in [0.1, 0.15) is 12.0 Å². The lowest BCUT2D eigenvalue weighted by atomic mass is 10.0. The molecule has 0 aliphatic heterocycles. The summed E-state index contributed by atoms with van der Waals surface area (Å²) in [6.07, 6.45) is 0.863. The van der Waals surface area contributed by atoms with Crippen molar-refractivity contribution >= 4 is 6.29 Å². The third-order valence-electron chi connectivity index (χ3n) is 2.13. The number of carbonyl (C=O) groups is 1. The number of rotatable bonds is 2. The summed E-state index contributed by atoms with van der Waals surface area (Å²) in [6.45, 7) is 7.86. The summed E-state index contributed by atoms with van der Waals surface area (Å²) in [7, 11) is 1.63. The molecule has 0 saturated carbocycles. The Balaban J connectivity index is 0.000000791. The standard InChI is InChI=1S/C10H12O2.C2H6/c1-7-8(2)10(12-3)5-4-9(7)6-11;1-2/h4-6H,1-3H3;1-2H3. The average molecular weight is 194 g/mol. The third kappa shape index (κ3) is 2.59. The Morgan fingerprint density at radius 1 is 1.14 bits per heavy atom. The minimum atomic E-state index is 0.730. The number of carbonyl (C=O) groups excluding carboxylic acids is 1. The molecule has 0 aliphatic rings. The number of ether oxygens (including phenoxy) is 1. The lowest BCUT2D eigenvalue weighted by molar-refractivity contribution is 0.112. The lowest BCUT2D eigenvalue weighted by Crippen LogP contribution is -1.94. The highest BCUT2D eigenvalue weighted by Gasteiger charge is 2.04. The van der Waals surface area contributed by atoms with E-state index in [1.807, 2.05) is 33.8 Å². The van der Waals surface area contributed by atoms with Gasteiger partial charge in [-0.15, -0.1) is 0 Å². The fourth-order valence-corrected chi connectivity index (χ4v) is 1.17. The minimum absolute atomic E-state index is 0.730. The van der Waals surface area contributed by atoms with Crippen LogP contribution in [0.5, 0.6) is 5.75 Å². The van der Waals surface area contributed by atoms with Crippen LogP contribution in [-0.4, -0.2) is 13.4 Å². The third-order valence-corrected chi connectivity index (χ3v) is 2.13. The first-order valence-electron chi connectivity index (χ1n) is 4.80. The average Bonchev–Trinajstić information content (AvgIpc) is 2.25. The van der Waals surface area contributed by atoms with E-state index in [0.29, 0.717) is 0 Å². The van der Waals surface area contributed by atoms with E-state index in [0.717, 1.165) is 28.7 Å². The molecule has 2 nitrogen and oxygen atoms in total. The first kappa shape index (κ1) is 12.7. The summed E-state index contributed by atoms with van der Waals surface area (Å²) >= 11 is 0. The molecule has 78 valence electrons. The second-order valence-corrected chi connectivity index (χ2v) is 2.72. The molecular weight excluding hydrogens is 176 g/mol. The highest BCUT2D eigenvalue weighted by molar-refractivity contribution is 5.78. The zero-order valence-corrected chi connectivity index (χ0v) is 9.55. The molecule has 1 aromatic carbocycles. The van der Waals surface area contributed by atoms with Gasteiger partial charge in [-0.2, -0.15) is 0 Å². The predicted molar refractivity (Wildman–Crippen MR) is 59.2 cm³/mol. The molecule has 1 rings (SSSR count). The van der Waals surface area contributed by atoms with Crippen LogP contribution in [-0.2, 0) is 0 Å². The van der Waals surface area contributed by atoms with Gasteiger partial charge >= 0.3 is 0 Å². The fraction of sp³-hybridized carbons (Fsp3) is 0.417. The Hall–Kier alpha value is -1.31. The van der Waals surface area contributed by atoms with Gasteiger partial charge in [0, 0.05) is 5.56 Å². The zero-order chi connectivity index (χ0) is 11.1. The van der Waals surface area contributed by atoms with Crippen molar-refractivity contribution in [2.75, 3.05) is 7.11 Å². The van der Waals surface area contributed by atoms with Crippen LogP contribution < -0.4 is 4.74 Å². The molecule has 0 amide bonds. The van der Waals surface area contributed by atoms with Gasteiger partial charge in [-0.25, -0.2) is 0 Å². The van der Waals surface area contributed by atoms with E-state index >= 15 is 0 Å². The monoisotopic (exact) mass is 194 g/mol. The van der Waals surface area contributed by atoms with Crippen molar-refractivity contribution in [1.82, 2.24) is 0 Å². The van der Waals surface area contributed by atoms with E-state index < -0.39 is 0 Å². The summed E-state index contributed by atoms with van der Waals surface area (Å²) < 4.78 is 5.11. The normalized spacial score (nSPS) is 8.64. The van der Waals surface area contributed by atoms with E-state index in [4.69, 9.17) is 4.74 Å². The number of methoxy groups -OCH3 is 1. The van der Waals surface area contributed by atoms with E-state index in [-0.39, 0.29) is 0 Å². The molecule has 0 unspecified atom stereocenters. The van der Waals surface area contributed by atoms with Crippen molar-refractivity contribution in [3.8, 4) is 5.75 Å². The molecular formula is C12H18O2. The molecule has 0 radical (unpaired) electrons. The smallest absolute Gasteiger partial charge is 0.150 e. The highest BCUT2D eigenvalue weighted by atomic mass is 16.5. The van der Waals surface area contributed by atoms with Crippen molar-refractivity contribution in [2.24, 2.45) is 0 Å². The van der Waals surface area contributed by atoms with Gasteiger partial charge in [0.2, 0.25) is 0 Å². The fourth-order valence-electron chi connectivity index (χ4n) is 1.17. The van der Waals surface area contributed by atoms with E-state index in [2.05, 4.69) is 0 Å². The molecule has 0 N–H and O–H groups in total. The van der Waals surface area contributed by atoms with Gasteiger partial charge in [-0.05, 0) is 37.1 Å². The van der Waals surface area contributed by atoms with Crippen LogP contribution in [0.4, 0.5) is 0 Å². The van der Waals surface area contributed by atoms with Gasteiger partial charge in [0.05, 0.1) is 7.11 Å². The zero-order valence-electron chi connectivity index (χ0n) is 9.55. The van der Waals surface area contributed by atoms with Gasteiger partial charge in [0.15, 0.2) is 0 Å². The summed E-state index contributed by atoms with van der Waals surface area (Å²) in [6, 6.07) is 3.58. The van der Waals surface area contributed by atoms with Crippen molar-refractivity contribution in [2.45, 2.75) is 27.7 Å². The van der Waals surface area contributed by atoms with Crippen molar-refractivity contribution in [3.63, 3.8) is 0 Å². The lowest BCUT2D eigenvalue weighted by Gasteiger charge is -2.08. The highest BCUT2D eigenvalue weighted by Crippen LogP contribution is 2.22. The first-order valence-corrected chi connectivity index (χ1v) is 4.80. The van der Waals surface area contributed by atoms with Crippen LogP contribution in [0.1, 0.15) is 35.3 Å². The summed E-state index contributed by atoms with van der Waals surface area (Å²) in [5.74, 6) is 0.832. The Kier molecular flexibility index (Phi) is 5.61. The molecule has 0 saturated heterocycles. The molecule has 1 aromatic rings. The summed E-state index contributed by atoms with van der Waals surface area (Å²) in [5.41, 5.74) is 2.75. The molecule has 0 fully saturated rings. The maximum absolute atomic E-state index is 10.5. The van der Waals surface area contributed by atoms with E-state index in [1.165, 1.54) is 0 Å². The van der Waals surface area contributed by atoms with Crippen LogP contribution in [0.15, 0.2) is 12.1 Å².